The molecule has 3 atom stereocenters. The van der Waals surface area contributed by atoms with E-state index < -0.39 is 5.97 Å². The third kappa shape index (κ3) is 4.60. The lowest BCUT2D eigenvalue weighted by Gasteiger charge is -2.38. The SMILES string of the molecule is Cc1ccccc1C(=N)/C(COC1CC2CC[C@@H](C1)N2c1nc2c(C)cc(C(=O)O)cc2s1)=C(\O)C1CC1. The number of allylic oxidation sites excluding steroid dienone is 1. The van der Waals surface area contributed by atoms with E-state index in [9.17, 15) is 15.0 Å². The van der Waals surface area contributed by atoms with Gasteiger partial charge >= 0.3 is 5.97 Å². The molecule has 3 aliphatic rings. The van der Waals surface area contributed by atoms with Gasteiger partial charge in [-0.2, -0.15) is 0 Å². The normalized spacial score (nSPS) is 23.5. The summed E-state index contributed by atoms with van der Waals surface area (Å²) >= 11 is 1.58. The summed E-state index contributed by atoms with van der Waals surface area (Å²) in [5.41, 5.74) is 4.91. The van der Waals surface area contributed by atoms with Gasteiger partial charge in [-0.05, 0) is 75.6 Å². The summed E-state index contributed by atoms with van der Waals surface area (Å²) in [6.45, 7) is 4.16. The molecule has 0 spiro atoms. The highest BCUT2D eigenvalue weighted by molar-refractivity contribution is 7.22. The number of nitrogens with one attached hydrogen (secondary N) is 1. The van der Waals surface area contributed by atoms with Crippen LogP contribution in [0.4, 0.5) is 5.13 Å². The Labute approximate surface area is 226 Å². The van der Waals surface area contributed by atoms with Crippen LogP contribution in [0.3, 0.4) is 0 Å². The van der Waals surface area contributed by atoms with E-state index in [1.54, 1.807) is 23.5 Å². The Morgan fingerprint density at radius 2 is 1.79 bits per heavy atom. The molecule has 2 aliphatic heterocycles. The molecule has 2 unspecified atom stereocenters. The van der Waals surface area contributed by atoms with Gasteiger partial charge in [-0.1, -0.05) is 35.6 Å². The third-order valence-electron chi connectivity index (χ3n) is 8.28. The van der Waals surface area contributed by atoms with Crippen LogP contribution in [0.25, 0.3) is 10.2 Å². The van der Waals surface area contributed by atoms with E-state index in [-0.39, 0.29) is 18.6 Å². The number of rotatable bonds is 8. The Balaban J connectivity index is 1.18. The number of aryl methyl sites for hydroxylation is 2. The van der Waals surface area contributed by atoms with Gasteiger partial charge in [0.2, 0.25) is 0 Å². The van der Waals surface area contributed by atoms with Crippen LogP contribution in [-0.2, 0) is 4.74 Å². The van der Waals surface area contributed by atoms with Crippen LogP contribution in [0.15, 0.2) is 47.7 Å². The van der Waals surface area contributed by atoms with Crippen LogP contribution in [0.5, 0.6) is 0 Å². The Hall–Kier alpha value is -3.23. The van der Waals surface area contributed by atoms with Crippen molar-refractivity contribution in [2.75, 3.05) is 11.5 Å². The molecule has 2 bridgehead atoms. The van der Waals surface area contributed by atoms with Crippen molar-refractivity contribution < 1.29 is 19.7 Å². The molecular weight excluding hydrogens is 498 g/mol. The predicted octanol–water partition coefficient (Wildman–Crippen LogP) is 6.42. The highest BCUT2D eigenvalue weighted by Gasteiger charge is 2.43. The molecule has 198 valence electrons. The van der Waals surface area contributed by atoms with Gasteiger partial charge in [0.15, 0.2) is 5.13 Å². The molecule has 8 heteroatoms. The molecule has 0 radical (unpaired) electrons. The molecule has 2 saturated heterocycles. The fourth-order valence-electron chi connectivity index (χ4n) is 6.09. The Morgan fingerprint density at radius 1 is 1.08 bits per heavy atom. The maximum atomic E-state index is 11.5. The quantitative estimate of drug-likeness (QED) is 0.229. The number of piperidine rings is 1. The Kier molecular flexibility index (Phi) is 6.48. The van der Waals surface area contributed by atoms with Gasteiger partial charge in [-0.15, -0.1) is 0 Å². The minimum absolute atomic E-state index is 0.0603. The summed E-state index contributed by atoms with van der Waals surface area (Å²) in [6, 6.07) is 11.9. The summed E-state index contributed by atoms with van der Waals surface area (Å²) in [5.74, 6) is -0.441. The standard InChI is InChI=1S/C30H33N3O4S/c1-16-5-3-4-6-23(16)26(31)24(28(34)18-7-8-18)15-37-22-13-20-9-10-21(14-22)33(20)30-32-27-17(2)11-19(29(35)36)12-25(27)38-30/h3-6,11-12,18,20-22,31,34H,7-10,13-15H2,1-2H3,(H,35,36)/b28-24-,31-26?/t20-,21?,22?/m0/s1. The lowest BCUT2D eigenvalue weighted by molar-refractivity contribution is 0.0410. The van der Waals surface area contributed by atoms with Crippen LogP contribution < -0.4 is 4.90 Å². The van der Waals surface area contributed by atoms with Crippen molar-refractivity contribution in [1.29, 1.82) is 5.41 Å². The Morgan fingerprint density at radius 3 is 2.45 bits per heavy atom. The molecule has 6 rings (SSSR count). The second-order valence-corrected chi connectivity index (χ2v) is 12.0. The van der Waals surface area contributed by atoms with Crippen LogP contribution in [0, 0.1) is 25.2 Å². The number of benzene rings is 2. The average Bonchev–Trinajstić information content (AvgIpc) is 3.60. The van der Waals surface area contributed by atoms with Crippen molar-refractivity contribution in [3.63, 3.8) is 0 Å². The van der Waals surface area contributed by atoms with E-state index in [1.807, 2.05) is 38.1 Å². The monoisotopic (exact) mass is 531 g/mol. The molecule has 0 amide bonds. The van der Waals surface area contributed by atoms with Gasteiger partial charge < -0.3 is 19.8 Å². The number of carboxylic acid groups (broad SMARTS) is 1. The zero-order valence-electron chi connectivity index (χ0n) is 21.7. The summed E-state index contributed by atoms with van der Waals surface area (Å²) < 4.78 is 7.36. The first-order chi connectivity index (χ1) is 18.3. The fourth-order valence-corrected chi connectivity index (χ4v) is 7.32. The van der Waals surface area contributed by atoms with Crippen LogP contribution >= 0.6 is 11.3 Å². The molecule has 3 N–H and O–H groups in total. The third-order valence-corrected chi connectivity index (χ3v) is 9.30. The zero-order valence-corrected chi connectivity index (χ0v) is 22.6. The number of carbonyl (C=O) groups is 1. The maximum Gasteiger partial charge on any atom is 0.335 e. The van der Waals surface area contributed by atoms with Crippen LogP contribution in [0.1, 0.15) is 65.6 Å². The minimum atomic E-state index is -0.917. The number of aromatic nitrogens is 1. The molecule has 1 aliphatic carbocycles. The first kappa shape index (κ1) is 25.1. The summed E-state index contributed by atoms with van der Waals surface area (Å²) in [7, 11) is 0. The summed E-state index contributed by atoms with van der Waals surface area (Å²) in [5, 5.41) is 30.3. The van der Waals surface area contributed by atoms with E-state index in [4.69, 9.17) is 15.1 Å². The molecule has 1 aromatic heterocycles. The van der Waals surface area contributed by atoms with E-state index in [0.717, 1.165) is 70.6 Å². The summed E-state index contributed by atoms with van der Waals surface area (Å²) in [6.07, 6.45) is 5.90. The summed E-state index contributed by atoms with van der Waals surface area (Å²) in [4.78, 5) is 18.9. The second kappa shape index (κ2) is 9.82. The average molecular weight is 532 g/mol. The first-order valence-corrected chi connectivity index (χ1v) is 14.2. The number of aromatic carboxylic acids is 1. The molecule has 7 nitrogen and oxygen atoms in total. The fraction of sp³-hybridized carbons (Fsp3) is 0.433. The van der Waals surface area contributed by atoms with Crippen LogP contribution in [-0.4, -0.2) is 51.7 Å². The van der Waals surface area contributed by atoms with Gasteiger partial charge in [0.05, 0.1) is 34.2 Å². The lowest BCUT2D eigenvalue weighted by atomic mass is 9.96. The topological polar surface area (TPSA) is 107 Å². The van der Waals surface area contributed by atoms with Gasteiger partial charge in [-0.25, -0.2) is 9.78 Å². The van der Waals surface area contributed by atoms with Crippen LogP contribution in [0.2, 0.25) is 0 Å². The Bertz CT molecular complexity index is 1440. The second-order valence-electron chi connectivity index (χ2n) is 11.0. The van der Waals surface area contributed by atoms with Crippen molar-refractivity contribution in [3.8, 4) is 0 Å². The van der Waals surface area contributed by atoms with Crippen molar-refractivity contribution in [2.45, 2.75) is 70.6 Å². The highest BCUT2D eigenvalue weighted by Crippen LogP contribution is 2.44. The van der Waals surface area contributed by atoms with Crippen molar-refractivity contribution >= 4 is 38.4 Å². The number of ether oxygens (including phenoxy) is 1. The lowest BCUT2D eigenvalue weighted by Crippen LogP contribution is -2.45. The van der Waals surface area contributed by atoms with Crippen molar-refractivity contribution in [1.82, 2.24) is 4.98 Å². The van der Waals surface area contributed by atoms with E-state index >= 15 is 0 Å². The first-order valence-electron chi connectivity index (χ1n) is 13.4. The maximum absolute atomic E-state index is 11.5. The number of carboxylic acids is 1. The smallest absolute Gasteiger partial charge is 0.335 e. The number of hydrogen-bond acceptors (Lipinski definition) is 7. The molecule has 1 saturated carbocycles. The largest absolute Gasteiger partial charge is 0.512 e. The predicted molar refractivity (Wildman–Crippen MR) is 150 cm³/mol. The molecule has 2 aromatic carbocycles. The van der Waals surface area contributed by atoms with Crippen molar-refractivity contribution in [2.24, 2.45) is 5.92 Å². The van der Waals surface area contributed by atoms with Gasteiger partial charge in [0, 0.05) is 29.1 Å². The highest BCUT2D eigenvalue weighted by atomic mass is 32.1. The number of anilines is 1. The molecule has 38 heavy (non-hydrogen) atoms. The number of nitrogens with zero attached hydrogens (tertiary/aromatic N) is 2. The minimum Gasteiger partial charge on any atom is -0.512 e. The molecule has 3 aromatic rings. The number of hydrogen-bond donors (Lipinski definition) is 3. The van der Waals surface area contributed by atoms with E-state index in [0.29, 0.717) is 34.7 Å². The molecule has 3 heterocycles. The number of aliphatic hydroxyl groups is 1. The van der Waals surface area contributed by atoms with Crippen molar-refractivity contribution in [3.05, 3.63) is 70.0 Å². The molecule has 3 fully saturated rings. The number of thiazole rings is 1. The molecular formula is C30H33N3O4S. The zero-order chi connectivity index (χ0) is 26.6. The number of fused-ring (bicyclic) bond motifs is 3. The van der Waals surface area contributed by atoms with E-state index in [1.165, 1.54) is 0 Å². The number of aliphatic hydroxyl groups excluding tert-OH is 1. The van der Waals surface area contributed by atoms with Gasteiger partial charge in [0.1, 0.15) is 5.76 Å². The van der Waals surface area contributed by atoms with Gasteiger partial charge in [0.25, 0.3) is 0 Å². The van der Waals surface area contributed by atoms with Gasteiger partial charge in [-0.3, -0.25) is 5.41 Å². The van der Waals surface area contributed by atoms with E-state index in [2.05, 4.69) is 4.90 Å².